The molecular formula is C22H32N2O6. The Bertz CT molecular complexity index is 722. The molecule has 1 aromatic rings. The highest BCUT2D eigenvalue weighted by Gasteiger charge is 2.46. The summed E-state index contributed by atoms with van der Waals surface area (Å²) in [6.45, 7) is 8.53. The second kappa shape index (κ2) is 11.1. The van der Waals surface area contributed by atoms with E-state index in [2.05, 4.69) is 24.5 Å². The standard InChI is InChI=1S/C22H32N2O6/c1-13(2)10-11-23-19(25)16(12-14(3)4)24-20(26)17-18(21(27)28)30-22(29-17)15-8-6-5-7-9-15/h5-9,13-14,16-18,22H,10-12H2,1-4H3,(H,23,25)(H,24,26)(H,27,28)/t16?,17-,18-,22?/m1/s1. The minimum atomic E-state index is -1.46. The maximum atomic E-state index is 12.9. The van der Waals surface area contributed by atoms with Gasteiger partial charge in [0.05, 0.1) is 0 Å². The number of ether oxygens (including phenoxy) is 2. The summed E-state index contributed by atoms with van der Waals surface area (Å²) in [4.78, 5) is 37.1. The fraction of sp³-hybridized carbons (Fsp3) is 0.591. The summed E-state index contributed by atoms with van der Waals surface area (Å²) >= 11 is 0. The number of benzene rings is 1. The molecule has 2 unspecified atom stereocenters. The molecule has 1 heterocycles. The average Bonchev–Trinajstić information content (AvgIpc) is 3.13. The molecule has 2 amide bonds. The first-order chi connectivity index (χ1) is 14.2. The summed E-state index contributed by atoms with van der Waals surface area (Å²) in [7, 11) is 0. The molecule has 8 nitrogen and oxygen atoms in total. The van der Waals surface area contributed by atoms with Crippen LogP contribution < -0.4 is 10.6 Å². The van der Waals surface area contributed by atoms with Crippen molar-refractivity contribution in [1.82, 2.24) is 10.6 Å². The number of aliphatic carboxylic acids is 1. The van der Waals surface area contributed by atoms with Crippen molar-refractivity contribution in [1.29, 1.82) is 0 Å². The minimum absolute atomic E-state index is 0.152. The Kier molecular flexibility index (Phi) is 8.80. The number of hydrogen-bond donors (Lipinski definition) is 3. The number of carbonyl (C=O) groups is 3. The summed E-state index contributed by atoms with van der Waals surface area (Å²) in [5.74, 6) is -1.66. The van der Waals surface area contributed by atoms with Gasteiger partial charge in [0, 0.05) is 12.1 Å². The van der Waals surface area contributed by atoms with E-state index >= 15 is 0 Å². The van der Waals surface area contributed by atoms with E-state index in [0.717, 1.165) is 6.42 Å². The monoisotopic (exact) mass is 420 g/mol. The predicted octanol–water partition coefficient (Wildman–Crippen LogP) is 2.25. The lowest BCUT2D eigenvalue weighted by Crippen LogP contribution is -2.53. The van der Waals surface area contributed by atoms with Crippen LogP contribution >= 0.6 is 0 Å². The van der Waals surface area contributed by atoms with Gasteiger partial charge in [0.15, 0.2) is 18.5 Å². The average molecular weight is 421 g/mol. The van der Waals surface area contributed by atoms with Crippen molar-refractivity contribution in [2.45, 2.75) is 65.1 Å². The van der Waals surface area contributed by atoms with E-state index in [-0.39, 0.29) is 11.8 Å². The fourth-order valence-corrected chi connectivity index (χ4v) is 3.16. The van der Waals surface area contributed by atoms with Gasteiger partial charge in [0.1, 0.15) is 6.04 Å². The van der Waals surface area contributed by atoms with Crippen molar-refractivity contribution < 1.29 is 29.0 Å². The summed E-state index contributed by atoms with van der Waals surface area (Å²) in [5.41, 5.74) is 0.615. The predicted molar refractivity (Wildman–Crippen MR) is 110 cm³/mol. The first kappa shape index (κ1) is 23.8. The molecule has 0 bridgehead atoms. The van der Waals surface area contributed by atoms with Crippen LogP contribution in [0.15, 0.2) is 30.3 Å². The van der Waals surface area contributed by atoms with Crippen LogP contribution in [0.25, 0.3) is 0 Å². The fourth-order valence-electron chi connectivity index (χ4n) is 3.16. The van der Waals surface area contributed by atoms with Gasteiger partial charge in [0.2, 0.25) is 5.91 Å². The van der Waals surface area contributed by atoms with Gasteiger partial charge in [-0.3, -0.25) is 9.59 Å². The van der Waals surface area contributed by atoms with E-state index in [9.17, 15) is 19.5 Å². The molecule has 1 aromatic carbocycles. The van der Waals surface area contributed by atoms with Gasteiger partial charge < -0.3 is 25.2 Å². The molecule has 166 valence electrons. The first-order valence-corrected chi connectivity index (χ1v) is 10.4. The van der Waals surface area contributed by atoms with Crippen molar-refractivity contribution in [2.24, 2.45) is 11.8 Å². The molecule has 8 heteroatoms. The van der Waals surface area contributed by atoms with Crippen molar-refractivity contribution >= 4 is 17.8 Å². The zero-order valence-electron chi connectivity index (χ0n) is 18.0. The molecule has 1 aliphatic heterocycles. The molecule has 0 spiro atoms. The number of rotatable bonds is 10. The Morgan fingerprint density at radius 2 is 1.63 bits per heavy atom. The third kappa shape index (κ3) is 6.81. The Hall–Kier alpha value is -2.45. The molecule has 4 atom stereocenters. The number of nitrogens with one attached hydrogen (secondary N) is 2. The maximum Gasteiger partial charge on any atom is 0.336 e. The number of amides is 2. The molecule has 0 radical (unpaired) electrons. The highest BCUT2D eigenvalue weighted by molar-refractivity contribution is 5.92. The van der Waals surface area contributed by atoms with E-state index in [0.29, 0.717) is 24.4 Å². The Morgan fingerprint density at radius 1 is 1.00 bits per heavy atom. The molecule has 1 aliphatic rings. The topological polar surface area (TPSA) is 114 Å². The van der Waals surface area contributed by atoms with Crippen LogP contribution in [0.3, 0.4) is 0 Å². The molecule has 0 saturated carbocycles. The van der Waals surface area contributed by atoms with Gasteiger partial charge in [-0.05, 0) is 24.7 Å². The highest BCUT2D eigenvalue weighted by Crippen LogP contribution is 2.31. The van der Waals surface area contributed by atoms with Crippen molar-refractivity contribution in [2.75, 3.05) is 6.54 Å². The normalized spacial score (nSPS) is 22.1. The van der Waals surface area contributed by atoms with Crippen LogP contribution in [0, 0.1) is 11.8 Å². The minimum Gasteiger partial charge on any atom is -0.479 e. The zero-order valence-corrected chi connectivity index (χ0v) is 18.0. The molecule has 3 N–H and O–H groups in total. The molecule has 0 aromatic heterocycles. The van der Waals surface area contributed by atoms with E-state index < -0.39 is 36.4 Å². The first-order valence-electron chi connectivity index (χ1n) is 10.4. The van der Waals surface area contributed by atoms with E-state index in [4.69, 9.17) is 9.47 Å². The molecule has 30 heavy (non-hydrogen) atoms. The van der Waals surface area contributed by atoms with Crippen molar-refractivity contribution in [3.8, 4) is 0 Å². The lowest BCUT2D eigenvalue weighted by atomic mass is 10.0. The number of carboxylic acids is 1. The summed E-state index contributed by atoms with van der Waals surface area (Å²) in [5, 5.41) is 15.0. The van der Waals surface area contributed by atoms with Gasteiger partial charge in [-0.15, -0.1) is 0 Å². The van der Waals surface area contributed by atoms with Gasteiger partial charge >= 0.3 is 5.97 Å². The highest BCUT2D eigenvalue weighted by atomic mass is 16.7. The van der Waals surface area contributed by atoms with Crippen LogP contribution in [0.2, 0.25) is 0 Å². The second-order valence-electron chi connectivity index (χ2n) is 8.36. The van der Waals surface area contributed by atoms with Gasteiger partial charge in [0.25, 0.3) is 5.91 Å². The van der Waals surface area contributed by atoms with E-state index in [1.54, 1.807) is 24.3 Å². The van der Waals surface area contributed by atoms with Crippen LogP contribution in [0.1, 0.15) is 52.4 Å². The largest absolute Gasteiger partial charge is 0.479 e. The Balaban J connectivity index is 2.08. The number of carboxylic acid groups (broad SMARTS) is 1. The molecule has 2 rings (SSSR count). The van der Waals surface area contributed by atoms with E-state index in [1.165, 1.54) is 0 Å². The van der Waals surface area contributed by atoms with Gasteiger partial charge in [-0.2, -0.15) is 0 Å². The van der Waals surface area contributed by atoms with Crippen molar-refractivity contribution in [3.63, 3.8) is 0 Å². The lowest BCUT2D eigenvalue weighted by Gasteiger charge is -2.22. The lowest BCUT2D eigenvalue weighted by molar-refractivity contribution is -0.152. The Morgan fingerprint density at radius 3 is 2.20 bits per heavy atom. The SMILES string of the molecule is CC(C)CCNC(=O)C(CC(C)C)NC(=O)[C@@H]1OC(c2ccccc2)O[C@H]1C(=O)O. The van der Waals surface area contributed by atoms with Crippen molar-refractivity contribution in [3.05, 3.63) is 35.9 Å². The number of hydrogen-bond acceptors (Lipinski definition) is 5. The Labute approximate surface area is 177 Å². The summed E-state index contributed by atoms with van der Waals surface area (Å²) in [6, 6.07) is 8.03. The molecule has 0 aliphatic carbocycles. The van der Waals surface area contributed by atoms with Gasteiger partial charge in [-0.1, -0.05) is 58.0 Å². The second-order valence-corrected chi connectivity index (χ2v) is 8.36. The molecule has 1 fully saturated rings. The van der Waals surface area contributed by atoms with E-state index in [1.807, 2.05) is 19.9 Å². The quantitative estimate of drug-likeness (QED) is 0.535. The summed E-state index contributed by atoms with van der Waals surface area (Å²) < 4.78 is 11.1. The van der Waals surface area contributed by atoms with Crippen LogP contribution in [-0.2, 0) is 23.9 Å². The zero-order chi connectivity index (χ0) is 22.3. The van der Waals surface area contributed by atoms with Crippen LogP contribution in [-0.4, -0.2) is 47.7 Å². The number of carbonyl (C=O) groups excluding carboxylic acids is 2. The third-order valence-corrected chi connectivity index (χ3v) is 4.75. The summed E-state index contributed by atoms with van der Waals surface area (Å²) in [6.07, 6.45) is -2.53. The van der Waals surface area contributed by atoms with Crippen LogP contribution in [0.5, 0.6) is 0 Å². The van der Waals surface area contributed by atoms with Crippen LogP contribution in [0.4, 0.5) is 0 Å². The third-order valence-electron chi connectivity index (χ3n) is 4.75. The smallest absolute Gasteiger partial charge is 0.336 e. The molecular weight excluding hydrogens is 388 g/mol. The van der Waals surface area contributed by atoms with Gasteiger partial charge in [-0.25, -0.2) is 4.79 Å². The maximum absolute atomic E-state index is 12.9. The molecule has 1 saturated heterocycles.